The van der Waals surface area contributed by atoms with Gasteiger partial charge in [0.25, 0.3) is 0 Å². The van der Waals surface area contributed by atoms with Crippen molar-refractivity contribution in [3.05, 3.63) is 59.8 Å². The number of aromatic nitrogens is 1. The predicted octanol–water partition coefficient (Wildman–Crippen LogP) is 5.01. The van der Waals surface area contributed by atoms with Gasteiger partial charge in [0.05, 0.1) is 6.04 Å². The average molecular weight is 367 g/mol. The topological polar surface area (TPSA) is 54.5 Å². The zero-order valence-corrected chi connectivity index (χ0v) is 16.2. The molecule has 1 aromatic heterocycles. The van der Waals surface area contributed by atoms with Gasteiger partial charge in [0.2, 0.25) is 0 Å². The third kappa shape index (κ3) is 5.22. The molecule has 27 heavy (non-hydrogen) atoms. The Kier molecular flexibility index (Phi) is 6.69. The first kappa shape index (κ1) is 19.2. The zero-order valence-electron chi connectivity index (χ0n) is 16.2. The van der Waals surface area contributed by atoms with Crippen LogP contribution in [-0.2, 0) is 11.3 Å². The number of hydrogen-bond acceptors (Lipinski definition) is 4. The van der Waals surface area contributed by atoms with E-state index in [9.17, 15) is 4.79 Å². The first-order valence-electron chi connectivity index (χ1n) is 9.81. The van der Waals surface area contributed by atoms with Crippen molar-refractivity contribution < 1.29 is 9.53 Å². The Morgan fingerprint density at radius 1 is 1.22 bits per heavy atom. The number of nitrogens with one attached hydrogen (secondary N) is 1. The number of carbonyl (C=O) groups is 1. The molecule has 2 heterocycles. The Hall–Kier alpha value is -2.56. The van der Waals surface area contributed by atoms with Crippen molar-refractivity contribution >= 4 is 11.9 Å². The molecule has 2 aromatic rings. The molecule has 0 unspecified atom stereocenters. The molecule has 0 aliphatic carbocycles. The van der Waals surface area contributed by atoms with Gasteiger partial charge >= 0.3 is 6.09 Å². The SMILES string of the molecule is CC(C)CNc1ncccc1[C@H]1CCCCN1C(=O)OCc1ccccc1. The number of rotatable bonds is 6. The predicted molar refractivity (Wildman–Crippen MR) is 107 cm³/mol. The van der Waals surface area contributed by atoms with Crippen LogP contribution in [0.3, 0.4) is 0 Å². The zero-order chi connectivity index (χ0) is 19.1. The van der Waals surface area contributed by atoms with E-state index >= 15 is 0 Å². The number of benzene rings is 1. The number of pyridine rings is 1. The fraction of sp³-hybridized carbons (Fsp3) is 0.455. The molecular weight excluding hydrogens is 338 g/mol. The number of anilines is 1. The quantitative estimate of drug-likeness (QED) is 0.779. The highest BCUT2D eigenvalue weighted by molar-refractivity contribution is 5.69. The molecule has 0 saturated carbocycles. The van der Waals surface area contributed by atoms with Crippen LogP contribution < -0.4 is 5.32 Å². The third-order valence-corrected chi connectivity index (χ3v) is 4.82. The standard InChI is InChI=1S/C22H29N3O2/c1-17(2)15-24-21-19(11-8-13-23-21)20-12-6-7-14-25(20)22(26)27-16-18-9-4-3-5-10-18/h3-5,8-11,13,17,20H,6-7,12,14-16H2,1-2H3,(H,23,24)/t20-/m1/s1. The summed E-state index contributed by atoms with van der Waals surface area (Å²) in [6.07, 6.45) is 4.59. The summed E-state index contributed by atoms with van der Waals surface area (Å²) in [5.74, 6) is 1.40. The van der Waals surface area contributed by atoms with E-state index in [1.807, 2.05) is 41.3 Å². The van der Waals surface area contributed by atoms with Crippen LogP contribution in [0.2, 0.25) is 0 Å². The molecule has 1 saturated heterocycles. The molecule has 1 amide bonds. The maximum atomic E-state index is 12.8. The summed E-state index contributed by atoms with van der Waals surface area (Å²) in [7, 11) is 0. The molecule has 5 nitrogen and oxygen atoms in total. The van der Waals surface area contributed by atoms with Gasteiger partial charge in [0.1, 0.15) is 12.4 Å². The van der Waals surface area contributed by atoms with Crippen LogP contribution >= 0.6 is 0 Å². The van der Waals surface area contributed by atoms with Crippen molar-refractivity contribution in [2.24, 2.45) is 5.92 Å². The van der Waals surface area contributed by atoms with Crippen LogP contribution in [0.1, 0.15) is 50.3 Å². The number of likely N-dealkylation sites (tertiary alicyclic amines) is 1. The molecule has 1 aliphatic rings. The Morgan fingerprint density at radius 2 is 2.04 bits per heavy atom. The van der Waals surface area contributed by atoms with Gasteiger partial charge < -0.3 is 15.0 Å². The maximum absolute atomic E-state index is 12.8. The van der Waals surface area contributed by atoms with Gasteiger partial charge in [-0.25, -0.2) is 9.78 Å². The molecule has 0 spiro atoms. The second-order valence-electron chi connectivity index (χ2n) is 7.46. The number of carbonyl (C=O) groups excluding carboxylic acids is 1. The largest absolute Gasteiger partial charge is 0.445 e. The van der Waals surface area contributed by atoms with Crippen LogP contribution in [0.25, 0.3) is 0 Å². The van der Waals surface area contributed by atoms with Gasteiger partial charge in [-0.2, -0.15) is 0 Å². The summed E-state index contributed by atoms with van der Waals surface area (Å²) < 4.78 is 5.60. The van der Waals surface area contributed by atoms with Crippen molar-refractivity contribution in [1.82, 2.24) is 9.88 Å². The van der Waals surface area contributed by atoms with E-state index in [-0.39, 0.29) is 12.1 Å². The van der Waals surface area contributed by atoms with E-state index in [1.165, 1.54) is 0 Å². The number of ether oxygens (including phenoxy) is 1. The van der Waals surface area contributed by atoms with E-state index in [2.05, 4.69) is 30.2 Å². The summed E-state index contributed by atoms with van der Waals surface area (Å²) in [6.45, 7) is 6.22. The lowest BCUT2D eigenvalue weighted by molar-refractivity contribution is 0.0680. The Labute approximate surface area is 161 Å². The van der Waals surface area contributed by atoms with Crippen LogP contribution in [0.5, 0.6) is 0 Å². The molecule has 1 atom stereocenters. The molecule has 1 fully saturated rings. The molecule has 0 radical (unpaired) electrons. The lowest BCUT2D eigenvalue weighted by Crippen LogP contribution is -2.39. The number of nitrogens with zero attached hydrogens (tertiary/aromatic N) is 2. The summed E-state index contributed by atoms with van der Waals surface area (Å²) >= 11 is 0. The van der Waals surface area contributed by atoms with Crippen molar-refractivity contribution in [3.8, 4) is 0 Å². The first-order chi connectivity index (χ1) is 13.1. The summed E-state index contributed by atoms with van der Waals surface area (Å²) in [5.41, 5.74) is 2.08. The second-order valence-corrected chi connectivity index (χ2v) is 7.46. The number of amides is 1. The Morgan fingerprint density at radius 3 is 2.81 bits per heavy atom. The minimum atomic E-state index is -0.248. The highest BCUT2D eigenvalue weighted by Crippen LogP contribution is 2.34. The molecule has 0 bridgehead atoms. The molecule has 3 rings (SSSR count). The Balaban J connectivity index is 1.72. The molecule has 1 aliphatic heterocycles. The van der Waals surface area contributed by atoms with E-state index in [1.54, 1.807) is 6.20 Å². The monoisotopic (exact) mass is 367 g/mol. The third-order valence-electron chi connectivity index (χ3n) is 4.82. The van der Waals surface area contributed by atoms with Crippen LogP contribution in [-0.4, -0.2) is 29.1 Å². The summed E-state index contributed by atoms with van der Waals surface area (Å²) in [6, 6.07) is 13.8. The van der Waals surface area contributed by atoms with Gasteiger partial charge in [-0.3, -0.25) is 0 Å². The van der Waals surface area contributed by atoms with Crippen molar-refractivity contribution in [2.75, 3.05) is 18.4 Å². The Bertz CT molecular complexity index is 733. The lowest BCUT2D eigenvalue weighted by Gasteiger charge is -2.36. The smallest absolute Gasteiger partial charge is 0.410 e. The first-order valence-corrected chi connectivity index (χ1v) is 9.81. The van der Waals surface area contributed by atoms with E-state index in [4.69, 9.17) is 4.74 Å². The van der Waals surface area contributed by atoms with Gasteiger partial charge in [-0.15, -0.1) is 0 Å². The average Bonchev–Trinajstić information content (AvgIpc) is 2.71. The van der Waals surface area contributed by atoms with Crippen LogP contribution in [0.4, 0.5) is 10.6 Å². The summed E-state index contributed by atoms with van der Waals surface area (Å²) in [4.78, 5) is 19.2. The minimum Gasteiger partial charge on any atom is -0.445 e. The van der Waals surface area contributed by atoms with Crippen molar-refractivity contribution in [2.45, 2.75) is 45.8 Å². The normalized spacial score (nSPS) is 17.0. The molecule has 144 valence electrons. The maximum Gasteiger partial charge on any atom is 0.410 e. The minimum absolute atomic E-state index is 0.00499. The fourth-order valence-electron chi connectivity index (χ4n) is 3.41. The van der Waals surface area contributed by atoms with Gasteiger partial charge in [-0.05, 0) is 36.8 Å². The fourth-order valence-corrected chi connectivity index (χ4v) is 3.41. The van der Waals surface area contributed by atoms with Gasteiger partial charge in [0.15, 0.2) is 0 Å². The van der Waals surface area contributed by atoms with E-state index in [0.29, 0.717) is 12.5 Å². The second kappa shape index (κ2) is 9.40. The van der Waals surface area contributed by atoms with Crippen molar-refractivity contribution in [1.29, 1.82) is 0 Å². The van der Waals surface area contributed by atoms with Crippen molar-refractivity contribution in [3.63, 3.8) is 0 Å². The van der Waals surface area contributed by atoms with Gasteiger partial charge in [-0.1, -0.05) is 50.2 Å². The molecule has 1 aromatic carbocycles. The number of piperidine rings is 1. The van der Waals surface area contributed by atoms with Gasteiger partial charge in [0, 0.05) is 24.8 Å². The summed E-state index contributed by atoms with van der Waals surface area (Å²) in [5, 5.41) is 3.44. The number of hydrogen-bond donors (Lipinski definition) is 1. The van der Waals surface area contributed by atoms with Crippen LogP contribution in [0, 0.1) is 5.92 Å². The molecule has 1 N–H and O–H groups in total. The molecule has 5 heteroatoms. The van der Waals surface area contributed by atoms with E-state index < -0.39 is 0 Å². The lowest BCUT2D eigenvalue weighted by atomic mass is 9.96. The highest BCUT2D eigenvalue weighted by Gasteiger charge is 2.31. The van der Waals surface area contributed by atoms with E-state index in [0.717, 1.165) is 49.3 Å². The highest BCUT2D eigenvalue weighted by atomic mass is 16.6. The van der Waals surface area contributed by atoms with Crippen LogP contribution in [0.15, 0.2) is 48.7 Å². The molecular formula is C22H29N3O2.